The van der Waals surface area contributed by atoms with Crippen LogP contribution in [0, 0.1) is 5.82 Å². The van der Waals surface area contributed by atoms with Gasteiger partial charge in [-0.2, -0.15) is 0 Å². The van der Waals surface area contributed by atoms with E-state index < -0.39 is 0 Å². The highest BCUT2D eigenvalue weighted by Gasteiger charge is 1.96. The van der Waals surface area contributed by atoms with Gasteiger partial charge in [-0.1, -0.05) is 12.2 Å². The van der Waals surface area contributed by atoms with Gasteiger partial charge in [-0.3, -0.25) is 0 Å². The van der Waals surface area contributed by atoms with Gasteiger partial charge in [0.25, 0.3) is 0 Å². The average Bonchev–Trinajstić information content (AvgIpc) is 2.05. The Kier molecular flexibility index (Phi) is 4.73. The highest BCUT2D eigenvalue weighted by atomic mass is 35.5. The van der Waals surface area contributed by atoms with E-state index in [1.807, 2.05) is 0 Å². The molecule has 5 heteroatoms. The van der Waals surface area contributed by atoms with Crippen LogP contribution < -0.4 is 11.3 Å². The molecule has 1 aromatic carbocycles. The van der Waals surface area contributed by atoms with E-state index in [0.717, 1.165) is 0 Å². The van der Waals surface area contributed by atoms with Gasteiger partial charge in [-0.05, 0) is 24.3 Å². The van der Waals surface area contributed by atoms with Crippen LogP contribution in [-0.4, -0.2) is 4.99 Å². The smallest absolute Gasteiger partial charge is 0.123 e. The number of thiocarbonyl (C=S) groups is 1. The lowest BCUT2D eigenvalue weighted by Gasteiger charge is -2.00. The van der Waals surface area contributed by atoms with E-state index in [9.17, 15) is 4.39 Å². The quantitative estimate of drug-likeness (QED) is 0.414. The number of hydrazine groups is 1. The number of nitrogens with two attached hydrogens (primary N) is 1. The van der Waals surface area contributed by atoms with Crippen molar-refractivity contribution >= 4 is 29.6 Å². The molecule has 0 fully saturated rings. The van der Waals surface area contributed by atoms with Crippen LogP contribution in [0.1, 0.15) is 5.56 Å². The van der Waals surface area contributed by atoms with E-state index in [2.05, 4.69) is 5.43 Å². The van der Waals surface area contributed by atoms with Crippen LogP contribution in [0.25, 0.3) is 0 Å². The van der Waals surface area contributed by atoms with Crippen molar-refractivity contribution in [2.45, 2.75) is 0 Å². The highest BCUT2D eigenvalue weighted by Crippen LogP contribution is 2.02. The minimum Gasteiger partial charge on any atom is -0.314 e. The third-order valence-corrected chi connectivity index (χ3v) is 1.59. The zero-order chi connectivity index (χ0) is 8.27. The molecular formula is C7H8ClFN2S. The number of hydrogen-bond donors (Lipinski definition) is 2. The molecule has 1 rings (SSSR count). The Morgan fingerprint density at radius 2 is 1.83 bits per heavy atom. The van der Waals surface area contributed by atoms with Gasteiger partial charge in [-0.25, -0.2) is 10.2 Å². The maximum Gasteiger partial charge on any atom is 0.123 e. The fourth-order valence-corrected chi connectivity index (χ4v) is 0.821. The molecule has 12 heavy (non-hydrogen) atoms. The van der Waals surface area contributed by atoms with E-state index in [0.29, 0.717) is 10.6 Å². The number of rotatable bonds is 1. The van der Waals surface area contributed by atoms with Crippen molar-refractivity contribution in [2.24, 2.45) is 5.84 Å². The summed E-state index contributed by atoms with van der Waals surface area (Å²) < 4.78 is 12.4. The second-order valence-corrected chi connectivity index (χ2v) is 2.39. The molecule has 0 bridgehead atoms. The Bertz CT molecular complexity index is 263. The van der Waals surface area contributed by atoms with E-state index in [-0.39, 0.29) is 18.2 Å². The van der Waals surface area contributed by atoms with Gasteiger partial charge in [0.15, 0.2) is 0 Å². The SMILES string of the molecule is Cl.NNC(=S)c1ccc(F)cc1. The van der Waals surface area contributed by atoms with Crippen molar-refractivity contribution in [3.63, 3.8) is 0 Å². The summed E-state index contributed by atoms with van der Waals surface area (Å²) in [5.74, 6) is 4.77. The lowest BCUT2D eigenvalue weighted by atomic mass is 10.2. The second-order valence-electron chi connectivity index (χ2n) is 1.98. The number of nitrogens with one attached hydrogen (secondary N) is 1. The number of hydrogen-bond acceptors (Lipinski definition) is 2. The fraction of sp³-hybridized carbons (Fsp3) is 0. The summed E-state index contributed by atoms with van der Waals surface area (Å²) in [6.07, 6.45) is 0. The minimum absolute atomic E-state index is 0. The van der Waals surface area contributed by atoms with E-state index >= 15 is 0 Å². The van der Waals surface area contributed by atoms with Crippen molar-refractivity contribution in [1.29, 1.82) is 0 Å². The second kappa shape index (κ2) is 5.03. The van der Waals surface area contributed by atoms with Gasteiger partial charge in [0.1, 0.15) is 10.8 Å². The van der Waals surface area contributed by atoms with Crippen LogP contribution in [-0.2, 0) is 0 Å². The monoisotopic (exact) mass is 206 g/mol. The maximum absolute atomic E-state index is 12.4. The Hall–Kier alpha value is -0.710. The molecule has 0 atom stereocenters. The molecule has 0 radical (unpaired) electrons. The first-order chi connectivity index (χ1) is 5.24. The summed E-state index contributed by atoms with van der Waals surface area (Å²) in [5.41, 5.74) is 3.02. The predicted octanol–water partition coefficient (Wildman–Crippen LogP) is 1.39. The Morgan fingerprint density at radius 3 is 2.25 bits per heavy atom. The summed E-state index contributed by atoms with van der Waals surface area (Å²) in [6.45, 7) is 0. The Balaban J connectivity index is 0.00000121. The third-order valence-electron chi connectivity index (χ3n) is 1.24. The zero-order valence-corrected chi connectivity index (χ0v) is 7.71. The summed E-state index contributed by atoms with van der Waals surface area (Å²) >= 11 is 4.81. The van der Waals surface area contributed by atoms with Gasteiger partial charge in [0.2, 0.25) is 0 Å². The molecule has 0 heterocycles. The molecule has 0 spiro atoms. The Labute approximate surface area is 81.3 Å². The molecule has 66 valence electrons. The number of halogens is 2. The van der Waals surface area contributed by atoms with Crippen molar-refractivity contribution in [3.05, 3.63) is 35.6 Å². The van der Waals surface area contributed by atoms with E-state index in [1.165, 1.54) is 12.1 Å². The predicted molar refractivity (Wildman–Crippen MR) is 52.7 cm³/mol. The summed E-state index contributed by atoms with van der Waals surface area (Å²) in [7, 11) is 0. The van der Waals surface area contributed by atoms with Crippen molar-refractivity contribution in [1.82, 2.24) is 5.43 Å². The molecule has 0 saturated heterocycles. The molecule has 0 aliphatic carbocycles. The standard InChI is InChI=1S/C7H7FN2S.ClH/c8-6-3-1-5(2-4-6)7(11)10-9;/h1-4H,9H2,(H,10,11);1H. The lowest BCUT2D eigenvalue weighted by Crippen LogP contribution is -2.28. The van der Waals surface area contributed by atoms with Gasteiger partial charge in [0, 0.05) is 5.56 Å². The van der Waals surface area contributed by atoms with Gasteiger partial charge in [0.05, 0.1) is 0 Å². The molecule has 1 aromatic rings. The zero-order valence-electron chi connectivity index (χ0n) is 6.08. The van der Waals surface area contributed by atoms with Crippen LogP contribution in [0.2, 0.25) is 0 Å². The van der Waals surface area contributed by atoms with Crippen LogP contribution in [0.5, 0.6) is 0 Å². The first-order valence-corrected chi connectivity index (χ1v) is 3.41. The molecular weight excluding hydrogens is 199 g/mol. The third kappa shape index (κ3) is 2.73. The van der Waals surface area contributed by atoms with E-state index in [1.54, 1.807) is 12.1 Å². The van der Waals surface area contributed by atoms with Crippen LogP contribution in [0.4, 0.5) is 4.39 Å². The van der Waals surface area contributed by atoms with Crippen LogP contribution in [0.15, 0.2) is 24.3 Å². The molecule has 2 nitrogen and oxygen atoms in total. The molecule has 0 saturated carbocycles. The Morgan fingerprint density at radius 1 is 1.33 bits per heavy atom. The van der Waals surface area contributed by atoms with Crippen molar-refractivity contribution < 1.29 is 4.39 Å². The molecule has 3 N–H and O–H groups in total. The van der Waals surface area contributed by atoms with Gasteiger partial charge in [-0.15, -0.1) is 12.4 Å². The molecule has 0 aliphatic heterocycles. The summed E-state index contributed by atoms with van der Waals surface area (Å²) in [5, 5.41) is 0. The minimum atomic E-state index is -0.284. The highest BCUT2D eigenvalue weighted by molar-refractivity contribution is 7.80. The normalized spacial score (nSPS) is 8.50. The van der Waals surface area contributed by atoms with Gasteiger partial charge >= 0.3 is 0 Å². The van der Waals surface area contributed by atoms with Crippen LogP contribution >= 0.6 is 24.6 Å². The van der Waals surface area contributed by atoms with Crippen molar-refractivity contribution in [2.75, 3.05) is 0 Å². The summed E-state index contributed by atoms with van der Waals surface area (Å²) in [4.78, 5) is 0.407. The maximum atomic E-state index is 12.4. The molecule has 0 unspecified atom stereocenters. The molecule has 0 aliphatic rings. The first kappa shape index (κ1) is 11.3. The largest absolute Gasteiger partial charge is 0.314 e. The topological polar surface area (TPSA) is 38.0 Å². The number of benzene rings is 1. The van der Waals surface area contributed by atoms with Crippen LogP contribution in [0.3, 0.4) is 0 Å². The molecule has 0 amide bonds. The fourth-order valence-electron chi connectivity index (χ4n) is 0.685. The summed E-state index contributed by atoms with van der Waals surface area (Å²) in [6, 6.07) is 5.80. The lowest BCUT2D eigenvalue weighted by molar-refractivity contribution is 0.627. The molecule has 0 aromatic heterocycles. The van der Waals surface area contributed by atoms with Crippen molar-refractivity contribution in [3.8, 4) is 0 Å². The van der Waals surface area contributed by atoms with Gasteiger partial charge < -0.3 is 5.43 Å². The van der Waals surface area contributed by atoms with E-state index in [4.69, 9.17) is 18.1 Å². The first-order valence-electron chi connectivity index (χ1n) is 3.00. The average molecular weight is 207 g/mol.